The zero-order valence-corrected chi connectivity index (χ0v) is 10.5. The first kappa shape index (κ1) is 14.5. The molecule has 2 nitrogen and oxygen atoms in total. The quantitative estimate of drug-likeness (QED) is 0.477. The Morgan fingerprint density at radius 3 is 2.07 bits per heavy atom. The summed E-state index contributed by atoms with van der Waals surface area (Å²) in [6.07, 6.45) is 1.96. The van der Waals surface area contributed by atoms with E-state index in [0.29, 0.717) is 12.0 Å². The third-order valence-corrected chi connectivity index (χ3v) is 1.63. The van der Waals surface area contributed by atoms with E-state index in [1.165, 1.54) is 0 Å². The minimum absolute atomic E-state index is 0.307. The molecule has 0 saturated carbocycles. The SMILES string of the molecule is CC(C)COCCC#CCCOC(C)C. The van der Waals surface area contributed by atoms with Gasteiger partial charge in [0.25, 0.3) is 0 Å². The predicted molar refractivity (Wildman–Crippen MR) is 63.8 cm³/mol. The Labute approximate surface area is 94.3 Å². The van der Waals surface area contributed by atoms with Crippen LogP contribution in [0, 0.1) is 17.8 Å². The van der Waals surface area contributed by atoms with Gasteiger partial charge in [0.1, 0.15) is 0 Å². The molecule has 0 aliphatic carbocycles. The lowest BCUT2D eigenvalue weighted by Crippen LogP contribution is -2.03. The second kappa shape index (κ2) is 10.0. The van der Waals surface area contributed by atoms with Crippen LogP contribution in [0.25, 0.3) is 0 Å². The van der Waals surface area contributed by atoms with Gasteiger partial charge in [-0.15, -0.1) is 11.8 Å². The fourth-order valence-corrected chi connectivity index (χ4v) is 0.965. The van der Waals surface area contributed by atoms with Crippen LogP contribution in [0.2, 0.25) is 0 Å². The van der Waals surface area contributed by atoms with Crippen molar-refractivity contribution in [1.29, 1.82) is 0 Å². The molecule has 0 saturated heterocycles. The van der Waals surface area contributed by atoms with Crippen molar-refractivity contribution < 1.29 is 9.47 Å². The summed E-state index contributed by atoms with van der Waals surface area (Å²) in [6.45, 7) is 10.7. The number of hydrogen-bond donors (Lipinski definition) is 0. The van der Waals surface area contributed by atoms with Gasteiger partial charge in [0.2, 0.25) is 0 Å². The molecule has 0 heterocycles. The molecule has 2 heteroatoms. The molecule has 0 aromatic carbocycles. The molecular formula is C13H24O2. The number of rotatable bonds is 7. The van der Waals surface area contributed by atoms with Gasteiger partial charge in [-0.25, -0.2) is 0 Å². The van der Waals surface area contributed by atoms with Crippen LogP contribution in [-0.4, -0.2) is 25.9 Å². The molecule has 0 aromatic rings. The van der Waals surface area contributed by atoms with E-state index in [1.807, 2.05) is 13.8 Å². The summed E-state index contributed by atoms with van der Waals surface area (Å²) in [5.41, 5.74) is 0. The van der Waals surface area contributed by atoms with Crippen LogP contribution in [0.15, 0.2) is 0 Å². The van der Waals surface area contributed by atoms with Crippen molar-refractivity contribution in [2.75, 3.05) is 19.8 Å². The standard InChI is InChI=1S/C13H24O2/c1-12(2)11-14-9-7-5-6-8-10-15-13(3)4/h12-13H,7-11H2,1-4H3. The molecule has 0 amide bonds. The van der Waals surface area contributed by atoms with Crippen molar-refractivity contribution in [3.05, 3.63) is 0 Å². The zero-order chi connectivity index (χ0) is 11.5. The molecular weight excluding hydrogens is 188 g/mol. The predicted octanol–water partition coefficient (Wildman–Crippen LogP) is 2.87. The Kier molecular flexibility index (Phi) is 9.67. The second-order valence-corrected chi connectivity index (χ2v) is 4.24. The van der Waals surface area contributed by atoms with Gasteiger partial charge in [0.15, 0.2) is 0 Å². The van der Waals surface area contributed by atoms with Crippen molar-refractivity contribution in [2.24, 2.45) is 5.92 Å². The molecule has 0 rings (SSSR count). The van der Waals surface area contributed by atoms with Crippen LogP contribution in [0.5, 0.6) is 0 Å². The highest BCUT2D eigenvalue weighted by molar-refractivity contribution is 4.98. The Balaban J connectivity index is 3.17. The molecule has 0 spiro atoms. The minimum Gasteiger partial charge on any atom is -0.380 e. The van der Waals surface area contributed by atoms with E-state index in [4.69, 9.17) is 9.47 Å². The second-order valence-electron chi connectivity index (χ2n) is 4.24. The Hall–Kier alpha value is -0.520. The monoisotopic (exact) mass is 212 g/mol. The smallest absolute Gasteiger partial charge is 0.0579 e. The van der Waals surface area contributed by atoms with E-state index in [0.717, 1.165) is 32.7 Å². The van der Waals surface area contributed by atoms with Crippen LogP contribution in [0.4, 0.5) is 0 Å². The number of hydrogen-bond acceptors (Lipinski definition) is 2. The maximum absolute atomic E-state index is 5.41. The van der Waals surface area contributed by atoms with Crippen LogP contribution in [0.3, 0.4) is 0 Å². The van der Waals surface area contributed by atoms with Gasteiger partial charge in [-0.3, -0.25) is 0 Å². The average molecular weight is 212 g/mol. The summed E-state index contributed by atoms with van der Waals surface area (Å²) in [5, 5.41) is 0. The summed E-state index contributed by atoms with van der Waals surface area (Å²) in [5.74, 6) is 6.76. The van der Waals surface area contributed by atoms with Crippen molar-refractivity contribution in [3.8, 4) is 11.8 Å². The molecule has 0 aliphatic heterocycles. The van der Waals surface area contributed by atoms with E-state index in [2.05, 4.69) is 25.7 Å². The maximum atomic E-state index is 5.41. The van der Waals surface area contributed by atoms with E-state index >= 15 is 0 Å². The van der Waals surface area contributed by atoms with Gasteiger partial charge in [-0.05, 0) is 19.8 Å². The third kappa shape index (κ3) is 13.5. The molecule has 0 radical (unpaired) electrons. The summed E-state index contributed by atoms with van der Waals surface area (Å²) in [4.78, 5) is 0. The summed E-state index contributed by atoms with van der Waals surface area (Å²) in [6, 6.07) is 0. The molecule has 0 atom stereocenters. The molecule has 15 heavy (non-hydrogen) atoms. The first-order valence-corrected chi connectivity index (χ1v) is 5.78. The molecule has 0 aliphatic rings. The maximum Gasteiger partial charge on any atom is 0.0579 e. The Bertz CT molecular complexity index is 186. The normalized spacial score (nSPS) is 10.5. The first-order chi connectivity index (χ1) is 7.13. The van der Waals surface area contributed by atoms with E-state index in [-0.39, 0.29) is 0 Å². The van der Waals surface area contributed by atoms with Crippen LogP contribution >= 0.6 is 0 Å². The first-order valence-electron chi connectivity index (χ1n) is 5.78. The van der Waals surface area contributed by atoms with Crippen LogP contribution in [0.1, 0.15) is 40.5 Å². The van der Waals surface area contributed by atoms with Crippen LogP contribution < -0.4 is 0 Å². The molecule has 0 fully saturated rings. The van der Waals surface area contributed by atoms with Gasteiger partial charge in [-0.2, -0.15) is 0 Å². The lowest BCUT2D eigenvalue weighted by atomic mass is 10.2. The Morgan fingerprint density at radius 2 is 1.53 bits per heavy atom. The van der Waals surface area contributed by atoms with Gasteiger partial charge < -0.3 is 9.47 Å². The minimum atomic E-state index is 0.307. The molecule has 88 valence electrons. The lowest BCUT2D eigenvalue weighted by Gasteiger charge is -2.04. The fraction of sp³-hybridized carbons (Fsp3) is 0.846. The third-order valence-electron chi connectivity index (χ3n) is 1.63. The van der Waals surface area contributed by atoms with Crippen molar-refractivity contribution in [3.63, 3.8) is 0 Å². The molecule has 0 bridgehead atoms. The van der Waals surface area contributed by atoms with E-state index in [9.17, 15) is 0 Å². The van der Waals surface area contributed by atoms with Gasteiger partial charge in [-0.1, -0.05) is 13.8 Å². The Morgan fingerprint density at radius 1 is 0.933 bits per heavy atom. The molecule has 0 unspecified atom stereocenters. The van der Waals surface area contributed by atoms with E-state index in [1.54, 1.807) is 0 Å². The number of ether oxygens (including phenoxy) is 2. The summed E-state index contributed by atoms with van der Waals surface area (Å²) >= 11 is 0. The zero-order valence-electron chi connectivity index (χ0n) is 10.5. The highest BCUT2D eigenvalue weighted by Crippen LogP contribution is 1.93. The molecule has 0 aromatic heterocycles. The molecule has 0 N–H and O–H groups in total. The van der Waals surface area contributed by atoms with E-state index < -0.39 is 0 Å². The average Bonchev–Trinajstić information content (AvgIpc) is 2.14. The topological polar surface area (TPSA) is 18.5 Å². The van der Waals surface area contributed by atoms with Crippen molar-refractivity contribution in [2.45, 2.75) is 46.6 Å². The van der Waals surface area contributed by atoms with Crippen molar-refractivity contribution in [1.82, 2.24) is 0 Å². The highest BCUT2D eigenvalue weighted by Gasteiger charge is 1.92. The lowest BCUT2D eigenvalue weighted by molar-refractivity contribution is 0.0835. The largest absolute Gasteiger partial charge is 0.380 e. The van der Waals surface area contributed by atoms with Gasteiger partial charge >= 0.3 is 0 Å². The van der Waals surface area contributed by atoms with Crippen molar-refractivity contribution >= 4 is 0 Å². The summed E-state index contributed by atoms with van der Waals surface area (Å²) < 4.78 is 10.8. The highest BCUT2D eigenvalue weighted by atomic mass is 16.5. The van der Waals surface area contributed by atoms with Gasteiger partial charge in [0, 0.05) is 19.4 Å². The van der Waals surface area contributed by atoms with Gasteiger partial charge in [0.05, 0.1) is 19.3 Å². The summed E-state index contributed by atoms with van der Waals surface area (Å²) in [7, 11) is 0. The fourth-order valence-electron chi connectivity index (χ4n) is 0.965. The van der Waals surface area contributed by atoms with Crippen LogP contribution in [-0.2, 0) is 9.47 Å².